The number of nitrogens with one attached hydrogen (secondary N) is 1. The molecule has 0 aromatic carbocycles. The highest BCUT2D eigenvalue weighted by molar-refractivity contribution is 5.92. The molecule has 0 saturated heterocycles. The number of carboxylic acid groups (broad SMARTS) is 1. The predicted molar refractivity (Wildman–Crippen MR) is 57.5 cm³/mol. The standard InChI is InChI=1S/C11H14N2O4/c1-6-5-9(17-13-6)10(14)12-8-4-2-3-7(8)11(15)16/h5,7-8H,2-4H2,1H3,(H,12,14)(H,15,16). The number of amides is 1. The summed E-state index contributed by atoms with van der Waals surface area (Å²) in [7, 11) is 0. The first-order valence-corrected chi connectivity index (χ1v) is 5.55. The molecule has 6 nitrogen and oxygen atoms in total. The first-order valence-electron chi connectivity index (χ1n) is 5.55. The molecule has 92 valence electrons. The van der Waals surface area contributed by atoms with E-state index in [-0.39, 0.29) is 11.8 Å². The van der Waals surface area contributed by atoms with Crippen LogP contribution in [0.4, 0.5) is 0 Å². The molecule has 0 bridgehead atoms. The van der Waals surface area contributed by atoms with Gasteiger partial charge >= 0.3 is 5.97 Å². The van der Waals surface area contributed by atoms with Crippen LogP contribution in [0, 0.1) is 12.8 Å². The molecule has 1 aliphatic rings. The van der Waals surface area contributed by atoms with E-state index in [9.17, 15) is 9.59 Å². The van der Waals surface area contributed by atoms with Gasteiger partial charge in [-0.25, -0.2) is 0 Å². The average Bonchev–Trinajstić information content (AvgIpc) is 2.86. The van der Waals surface area contributed by atoms with Gasteiger partial charge in [0.15, 0.2) is 0 Å². The van der Waals surface area contributed by atoms with Crippen LogP contribution >= 0.6 is 0 Å². The molecule has 2 atom stereocenters. The molecule has 2 N–H and O–H groups in total. The van der Waals surface area contributed by atoms with Crippen molar-refractivity contribution in [2.45, 2.75) is 32.2 Å². The number of carbonyl (C=O) groups is 2. The van der Waals surface area contributed by atoms with Gasteiger partial charge in [-0.1, -0.05) is 11.6 Å². The number of nitrogens with zero attached hydrogens (tertiary/aromatic N) is 1. The van der Waals surface area contributed by atoms with Gasteiger partial charge in [-0.3, -0.25) is 9.59 Å². The zero-order valence-electron chi connectivity index (χ0n) is 9.47. The quantitative estimate of drug-likeness (QED) is 0.818. The fourth-order valence-corrected chi connectivity index (χ4v) is 2.14. The zero-order valence-corrected chi connectivity index (χ0v) is 9.47. The van der Waals surface area contributed by atoms with E-state index < -0.39 is 17.8 Å². The highest BCUT2D eigenvalue weighted by atomic mass is 16.5. The summed E-state index contributed by atoms with van der Waals surface area (Å²) in [5.74, 6) is -1.63. The van der Waals surface area contributed by atoms with E-state index in [4.69, 9.17) is 9.63 Å². The fourth-order valence-electron chi connectivity index (χ4n) is 2.14. The minimum Gasteiger partial charge on any atom is -0.481 e. The lowest BCUT2D eigenvalue weighted by Gasteiger charge is -2.16. The molecule has 1 amide bonds. The lowest BCUT2D eigenvalue weighted by atomic mass is 10.0. The van der Waals surface area contributed by atoms with Gasteiger partial charge in [-0.2, -0.15) is 0 Å². The zero-order chi connectivity index (χ0) is 12.4. The van der Waals surface area contributed by atoms with Crippen LogP contribution in [0.1, 0.15) is 35.5 Å². The van der Waals surface area contributed by atoms with E-state index in [2.05, 4.69) is 10.5 Å². The number of carbonyl (C=O) groups excluding carboxylic acids is 1. The van der Waals surface area contributed by atoms with Gasteiger partial charge in [0.25, 0.3) is 5.91 Å². The molecule has 1 aliphatic carbocycles. The van der Waals surface area contributed by atoms with E-state index >= 15 is 0 Å². The normalized spacial score (nSPS) is 23.6. The molecular weight excluding hydrogens is 224 g/mol. The van der Waals surface area contributed by atoms with Crippen molar-refractivity contribution in [2.75, 3.05) is 0 Å². The number of carboxylic acids is 1. The molecule has 2 rings (SSSR count). The van der Waals surface area contributed by atoms with Crippen LogP contribution in [-0.2, 0) is 4.79 Å². The lowest BCUT2D eigenvalue weighted by Crippen LogP contribution is -2.40. The molecule has 0 radical (unpaired) electrons. The van der Waals surface area contributed by atoms with E-state index in [0.717, 1.165) is 6.42 Å². The third-order valence-corrected chi connectivity index (χ3v) is 3.00. The van der Waals surface area contributed by atoms with Crippen molar-refractivity contribution in [1.29, 1.82) is 0 Å². The van der Waals surface area contributed by atoms with Crippen molar-refractivity contribution < 1.29 is 19.2 Å². The van der Waals surface area contributed by atoms with Crippen LogP contribution in [0.3, 0.4) is 0 Å². The maximum Gasteiger partial charge on any atom is 0.308 e. The maximum atomic E-state index is 11.7. The van der Waals surface area contributed by atoms with Gasteiger partial charge in [0, 0.05) is 12.1 Å². The second kappa shape index (κ2) is 4.57. The minimum absolute atomic E-state index is 0.124. The molecule has 6 heteroatoms. The number of hydrogen-bond acceptors (Lipinski definition) is 4. The first kappa shape index (κ1) is 11.6. The SMILES string of the molecule is Cc1cc(C(=O)NC2CCCC2C(=O)O)on1. The van der Waals surface area contributed by atoms with Gasteiger partial charge in [0.05, 0.1) is 11.6 Å². The Morgan fingerprint density at radius 1 is 1.53 bits per heavy atom. The molecule has 17 heavy (non-hydrogen) atoms. The molecule has 0 aliphatic heterocycles. The summed E-state index contributed by atoms with van der Waals surface area (Å²) in [4.78, 5) is 22.7. The van der Waals surface area contributed by atoms with Gasteiger partial charge in [0.1, 0.15) is 0 Å². The van der Waals surface area contributed by atoms with Gasteiger partial charge in [-0.15, -0.1) is 0 Å². The van der Waals surface area contributed by atoms with E-state index in [1.807, 2.05) is 0 Å². The minimum atomic E-state index is -0.860. The van der Waals surface area contributed by atoms with Crippen LogP contribution in [-0.4, -0.2) is 28.2 Å². The Balaban J connectivity index is 2.01. The molecular formula is C11H14N2O4. The number of aromatic nitrogens is 1. The summed E-state index contributed by atoms with van der Waals surface area (Å²) in [6, 6.07) is 1.21. The summed E-state index contributed by atoms with van der Waals surface area (Å²) in [6.45, 7) is 1.72. The molecule has 1 fully saturated rings. The maximum absolute atomic E-state index is 11.7. The summed E-state index contributed by atoms with van der Waals surface area (Å²) >= 11 is 0. The predicted octanol–water partition coefficient (Wildman–Crippen LogP) is 0.966. The van der Waals surface area contributed by atoms with Crippen LogP contribution in [0.15, 0.2) is 10.6 Å². The molecule has 0 spiro atoms. The second-order valence-electron chi connectivity index (χ2n) is 4.29. The average molecular weight is 238 g/mol. The third-order valence-electron chi connectivity index (χ3n) is 3.00. The second-order valence-corrected chi connectivity index (χ2v) is 4.29. The topological polar surface area (TPSA) is 92.4 Å². The summed E-state index contributed by atoms with van der Waals surface area (Å²) in [5.41, 5.74) is 0.622. The van der Waals surface area contributed by atoms with Crippen molar-refractivity contribution in [3.63, 3.8) is 0 Å². The Hall–Kier alpha value is -1.85. The van der Waals surface area contributed by atoms with Gasteiger partial charge in [0.2, 0.25) is 5.76 Å². The highest BCUT2D eigenvalue weighted by Gasteiger charge is 2.34. The van der Waals surface area contributed by atoms with Gasteiger partial charge < -0.3 is 14.9 Å². The molecule has 1 heterocycles. The smallest absolute Gasteiger partial charge is 0.308 e. The number of rotatable bonds is 3. The van der Waals surface area contributed by atoms with Crippen LogP contribution < -0.4 is 5.32 Å². The molecule has 1 aromatic heterocycles. The molecule has 1 aromatic rings. The van der Waals surface area contributed by atoms with Crippen LogP contribution in [0.5, 0.6) is 0 Å². The summed E-state index contributed by atoms with van der Waals surface area (Å²) in [6.07, 6.45) is 2.11. The van der Waals surface area contributed by atoms with Crippen molar-refractivity contribution in [3.8, 4) is 0 Å². The van der Waals surface area contributed by atoms with Gasteiger partial charge in [-0.05, 0) is 19.8 Å². The Morgan fingerprint density at radius 3 is 2.88 bits per heavy atom. The largest absolute Gasteiger partial charge is 0.481 e. The van der Waals surface area contributed by atoms with Crippen LogP contribution in [0.2, 0.25) is 0 Å². The van der Waals surface area contributed by atoms with Crippen molar-refractivity contribution in [3.05, 3.63) is 17.5 Å². The van der Waals surface area contributed by atoms with E-state index in [0.29, 0.717) is 18.5 Å². The Kier molecular flexibility index (Phi) is 3.12. The number of aliphatic carboxylic acids is 1. The summed E-state index contributed by atoms with van der Waals surface area (Å²) in [5, 5.41) is 15.3. The van der Waals surface area contributed by atoms with E-state index in [1.54, 1.807) is 6.92 Å². The number of hydrogen-bond donors (Lipinski definition) is 2. The highest BCUT2D eigenvalue weighted by Crippen LogP contribution is 2.26. The first-order chi connectivity index (χ1) is 8.08. The molecule has 2 unspecified atom stereocenters. The summed E-state index contributed by atoms with van der Waals surface area (Å²) < 4.78 is 4.82. The number of aryl methyl sites for hydroxylation is 1. The molecule has 1 saturated carbocycles. The van der Waals surface area contributed by atoms with E-state index in [1.165, 1.54) is 6.07 Å². The fraction of sp³-hybridized carbons (Fsp3) is 0.545. The third kappa shape index (κ3) is 2.46. The Bertz CT molecular complexity index is 440. The lowest BCUT2D eigenvalue weighted by molar-refractivity contribution is -0.142. The van der Waals surface area contributed by atoms with Crippen molar-refractivity contribution in [2.24, 2.45) is 5.92 Å². The monoisotopic (exact) mass is 238 g/mol. The Morgan fingerprint density at radius 2 is 2.29 bits per heavy atom. The van der Waals surface area contributed by atoms with Crippen LogP contribution in [0.25, 0.3) is 0 Å². The van der Waals surface area contributed by atoms with Crippen molar-refractivity contribution in [1.82, 2.24) is 10.5 Å². The Labute approximate surface area is 98.0 Å². The van der Waals surface area contributed by atoms with Crippen molar-refractivity contribution >= 4 is 11.9 Å².